The van der Waals surface area contributed by atoms with Crippen LogP contribution in [0.25, 0.3) is 11.6 Å². The van der Waals surface area contributed by atoms with E-state index in [0.717, 1.165) is 24.0 Å². The number of benzene rings is 2. The summed E-state index contributed by atoms with van der Waals surface area (Å²) in [5.74, 6) is -0.220. The lowest BCUT2D eigenvalue weighted by Crippen LogP contribution is -2.42. The number of aromatic hydroxyl groups is 2. The Morgan fingerprint density at radius 3 is 2.49 bits per heavy atom. The first-order chi connectivity index (χ1) is 17.4. The highest BCUT2D eigenvalue weighted by Gasteiger charge is 2.31. The average Bonchev–Trinajstić information content (AvgIpc) is 3.05. The highest BCUT2D eigenvalue weighted by atomic mass is 16.6. The highest BCUT2D eigenvalue weighted by molar-refractivity contribution is 6.35. The summed E-state index contributed by atoms with van der Waals surface area (Å²) in [5.41, 5.74) is 3.62. The Bertz CT molecular complexity index is 1300. The summed E-state index contributed by atoms with van der Waals surface area (Å²) in [4.78, 5) is 39.5. The minimum absolute atomic E-state index is 0.0559. The lowest BCUT2D eigenvalue weighted by molar-refractivity contribution is -0.120. The minimum Gasteiger partial charge on any atom is -0.508 e. The van der Waals surface area contributed by atoms with Crippen LogP contribution in [0.3, 0.4) is 0 Å². The van der Waals surface area contributed by atoms with Crippen molar-refractivity contribution in [2.24, 2.45) is 0 Å². The molecule has 1 heterocycles. The molecule has 1 atom stereocenters. The predicted molar refractivity (Wildman–Crippen MR) is 142 cm³/mol. The molecule has 2 amide bonds. The number of carbonyl (C=O) groups excluding carboxylic acids is 3. The number of amides is 2. The molecule has 2 aliphatic rings. The van der Waals surface area contributed by atoms with Gasteiger partial charge in [0.25, 0.3) is 5.91 Å². The Labute approximate surface area is 216 Å². The third kappa shape index (κ3) is 5.48. The molecule has 1 aliphatic heterocycles. The first-order valence-electron chi connectivity index (χ1n) is 12.6. The summed E-state index contributed by atoms with van der Waals surface area (Å²) in [6.07, 6.45) is 4.29. The quantitative estimate of drug-likeness (QED) is 0.406. The van der Waals surface area contributed by atoms with Crippen LogP contribution in [0.15, 0.2) is 24.3 Å². The number of Topliss-reactive ketones (excluding diaryl/α,β-unsaturated/α-hetero) is 1. The first-order valence-corrected chi connectivity index (χ1v) is 12.6. The van der Waals surface area contributed by atoms with Crippen molar-refractivity contribution in [3.8, 4) is 11.5 Å². The number of fused-ring (bicyclic) bond motifs is 2. The van der Waals surface area contributed by atoms with Crippen LogP contribution in [0.2, 0.25) is 0 Å². The number of nitrogens with one attached hydrogen (secondary N) is 1. The van der Waals surface area contributed by atoms with Crippen molar-refractivity contribution < 1.29 is 29.3 Å². The fourth-order valence-electron chi connectivity index (χ4n) is 4.86. The van der Waals surface area contributed by atoms with Gasteiger partial charge in [-0.05, 0) is 83.2 Å². The van der Waals surface area contributed by atoms with Gasteiger partial charge in [-0.15, -0.1) is 0 Å². The minimum atomic E-state index is -0.752. The fourth-order valence-corrected chi connectivity index (χ4v) is 4.86. The molecule has 0 spiro atoms. The van der Waals surface area contributed by atoms with E-state index in [4.69, 9.17) is 4.74 Å². The molecule has 2 aromatic rings. The number of nitrogens with zero attached hydrogens (tertiary/aromatic N) is 1. The summed E-state index contributed by atoms with van der Waals surface area (Å²) < 4.78 is 5.23. The van der Waals surface area contributed by atoms with E-state index in [1.54, 1.807) is 59.0 Å². The van der Waals surface area contributed by atoms with Crippen LogP contribution >= 0.6 is 0 Å². The molecule has 0 saturated carbocycles. The van der Waals surface area contributed by atoms with Gasteiger partial charge in [0, 0.05) is 41.3 Å². The normalized spacial score (nSPS) is 16.8. The predicted octanol–water partition coefficient (Wildman–Crippen LogP) is 4.52. The molecule has 0 radical (unpaired) electrons. The first kappa shape index (κ1) is 26.3. The van der Waals surface area contributed by atoms with Crippen molar-refractivity contribution in [1.82, 2.24) is 5.32 Å². The van der Waals surface area contributed by atoms with Gasteiger partial charge in [0.1, 0.15) is 17.1 Å². The number of likely N-dealkylation sites (N-methyl/N-ethyl adjacent to an activating group) is 1. The Kier molecular flexibility index (Phi) is 7.04. The zero-order valence-corrected chi connectivity index (χ0v) is 22.0. The maximum absolute atomic E-state index is 13.1. The second-order valence-corrected chi connectivity index (χ2v) is 10.8. The molecule has 196 valence electrons. The molecule has 2 aromatic carbocycles. The Hall–Kier alpha value is -3.81. The number of hydrogen-bond donors (Lipinski definition) is 3. The van der Waals surface area contributed by atoms with Gasteiger partial charge >= 0.3 is 6.09 Å². The Balaban J connectivity index is 1.60. The average molecular weight is 507 g/mol. The largest absolute Gasteiger partial charge is 0.508 e. The number of phenols is 2. The van der Waals surface area contributed by atoms with Gasteiger partial charge < -0.3 is 25.2 Å². The van der Waals surface area contributed by atoms with Crippen LogP contribution in [0.5, 0.6) is 11.5 Å². The number of hydrogen-bond acceptors (Lipinski definition) is 6. The smallest absolute Gasteiger partial charge is 0.408 e. The molecular formula is C29H34N2O6. The van der Waals surface area contributed by atoms with Crippen molar-refractivity contribution in [3.63, 3.8) is 0 Å². The van der Waals surface area contributed by atoms with Gasteiger partial charge in [-0.1, -0.05) is 6.07 Å². The number of carbonyl (C=O) groups is 3. The molecule has 3 N–H and O–H groups in total. The van der Waals surface area contributed by atoms with Crippen molar-refractivity contribution >= 4 is 35.1 Å². The zero-order chi connectivity index (χ0) is 27.1. The molecule has 0 saturated heterocycles. The van der Waals surface area contributed by atoms with Crippen molar-refractivity contribution in [2.45, 2.75) is 71.4 Å². The summed E-state index contributed by atoms with van der Waals surface area (Å²) in [6, 6.07) is 6.11. The number of alkyl carbamates (subject to hydrolysis) is 1. The van der Waals surface area contributed by atoms with Crippen molar-refractivity contribution in [1.29, 1.82) is 0 Å². The SMILES string of the molecule is CC(NC(=O)OC(C)(C)C)C(=O)Cc1ccc2c(c1)/C(=C/c1cc(O)c3c(c1O)CCCC3)C(=O)N2C. The summed E-state index contributed by atoms with van der Waals surface area (Å²) >= 11 is 0. The van der Waals surface area contributed by atoms with Crippen LogP contribution in [-0.4, -0.2) is 46.7 Å². The van der Waals surface area contributed by atoms with Gasteiger partial charge in [0.2, 0.25) is 0 Å². The van der Waals surface area contributed by atoms with Crippen LogP contribution in [-0.2, 0) is 33.6 Å². The van der Waals surface area contributed by atoms with E-state index >= 15 is 0 Å². The van der Waals surface area contributed by atoms with Crippen LogP contribution in [0, 0.1) is 0 Å². The Morgan fingerprint density at radius 1 is 1.14 bits per heavy atom. The second-order valence-electron chi connectivity index (χ2n) is 10.8. The van der Waals surface area contributed by atoms with E-state index < -0.39 is 17.7 Å². The van der Waals surface area contributed by atoms with E-state index in [2.05, 4.69) is 5.32 Å². The molecule has 1 aliphatic carbocycles. The maximum atomic E-state index is 13.1. The number of rotatable bonds is 5. The number of anilines is 1. The van der Waals surface area contributed by atoms with Gasteiger partial charge in [-0.3, -0.25) is 9.59 Å². The number of ketones is 1. The summed E-state index contributed by atoms with van der Waals surface area (Å²) in [6.45, 7) is 6.85. The van der Waals surface area contributed by atoms with Crippen molar-refractivity contribution in [2.75, 3.05) is 11.9 Å². The van der Waals surface area contributed by atoms with Gasteiger partial charge in [0.15, 0.2) is 5.78 Å². The maximum Gasteiger partial charge on any atom is 0.408 e. The molecule has 37 heavy (non-hydrogen) atoms. The lowest BCUT2D eigenvalue weighted by atomic mass is 9.88. The van der Waals surface area contributed by atoms with E-state index in [1.165, 1.54) is 11.0 Å². The lowest BCUT2D eigenvalue weighted by Gasteiger charge is -2.21. The molecular weight excluding hydrogens is 472 g/mol. The highest BCUT2D eigenvalue weighted by Crippen LogP contribution is 2.42. The van der Waals surface area contributed by atoms with E-state index in [-0.39, 0.29) is 29.6 Å². The molecule has 8 nitrogen and oxygen atoms in total. The molecule has 1 unspecified atom stereocenters. The summed E-state index contributed by atoms with van der Waals surface area (Å²) in [5, 5.41) is 24.0. The van der Waals surface area contributed by atoms with Crippen LogP contribution < -0.4 is 10.2 Å². The van der Waals surface area contributed by atoms with Gasteiger partial charge in [-0.2, -0.15) is 0 Å². The van der Waals surface area contributed by atoms with Crippen molar-refractivity contribution in [3.05, 3.63) is 52.1 Å². The monoisotopic (exact) mass is 506 g/mol. The van der Waals surface area contributed by atoms with Gasteiger partial charge in [0.05, 0.1) is 11.7 Å². The third-order valence-corrected chi connectivity index (χ3v) is 6.77. The molecule has 4 rings (SSSR count). The number of ether oxygens (including phenoxy) is 1. The number of phenolic OH excluding ortho intramolecular Hbond substituents is 2. The topological polar surface area (TPSA) is 116 Å². The van der Waals surface area contributed by atoms with E-state index in [9.17, 15) is 24.6 Å². The zero-order valence-electron chi connectivity index (χ0n) is 22.0. The fraction of sp³-hybridized carbons (Fsp3) is 0.414. The van der Waals surface area contributed by atoms with E-state index in [1.807, 2.05) is 0 Å². The van der Waals surface area contributed by atoms with Crippen LogP contribution in [0.1, 0.15) is 68.4 Å². The van der Waals surface area contributed by atoms with E-state index in [0.29, 0.717) is 40.8 Å². The van der Waals surface area contributed by atoms with Gasteiger partial charge in [-0.25, -0.2) is 4.79 Å². The standard InChI is InChI=1S/C29H34N2O6/c1-16(30-28(36)37-29(2,3)4)24(32)13-17-10-11-23-21(12-17)22(27(35)31(23)5)14-18-15-25(33)19-8-6-7-9-20(19)26(18)34/h10-12,14-16,33-34H,6-9,13H2,1-5H3,(H,30,36)/b22-14-. The molecule has 0 aromatic heterocycles. The molecule has 0 fully saturated rings. The summed E-state index contributed by atoms with van der Waals surface area (Å²) in [7, 11) is 1.67. The Morgan fingerprint density at radius 2 is 1.81 bits per heavy atom. The molecule has 0 bridgehead atoms. The molecule has 8 heteroatoms. The third-order valence-electron chi connectivity index (χ3n) is 6.77. The van der Waals surface area contributed by atoms with Crippen LogP contribution in [0.4, 0.5) is 10.5 Å². The second kappa shape index (κ2) is 9.92.